The van der Waals surface area contributed by atoms with Gasteiger partial charge < -0.3 is 20.1 Å². The molecule has 0 saturated carbocycles. The van der Waals surface area contributed by atoms with Gasteiger partial charge in [0.05, 0.1) is 12.7 Å². The molecule has 2 aromatic rings. The number of fused-ring (bicyclic) bond motifs is 1. The van der Waals surface area contributed by atoms with Crippen LogP contribution in [0.3, 0.4) is 0 Å². The highest BCUT2D eigenvalue weighted by atomic mass is 16.5. The fourth-order valence-electron chi connectivity index (χ4n) is 2.06. The Morgan fingerprint density at radius 2 is 2.28 bits per heavy atom. The van der Waals surface area contributed by atoms with Gasteiger partial charge in [-0.15, -0.1) is 0 Å². The number of aromatic nitrogens is 1. The van der Waals surface area contributed by atoms with Gasteiger partial charge in [0.2, 0.25) is 0 Å². The SMILES string of the molecule is COCC(O)CCNCc1cccc2cc[nH]c12. The third kappa shape index (κ3) is 3.32. The summed E-state index contributed by atoms with van der Waals surface area (Å²) in [6.45, 7) is 1.98. The zero-order chi connectivity index (χ0) is 12.8. The lowest BCUT2D eigenvalue weighted by Gasteiger charge is -2.10. The van der Waals surface area contributed by atoms with Crippen LogP contribution in [0.4, 0.5) is 0 Å². The summed E-state index contributed by atoms with van der Waals surface area (Å²) in [5.74, 6) is 0. The minimum Gasteiger partial charge on any atom is -0.391 e. The average Bonchev–Trinajstić information content (AvgIpc) is 2.84. The fourth-order valence-corrected chi connectivity index (χ4v) is 2.06. The van der Waals surface area contributed by atoms with Crippen LogP contribution >= 0.6 is 0 Å². The standard InChI is InChI=1S/C14H20N2O2/c1-18-10-13(17)6-7-15-9-12-4-2-3-11-5-8-16-14(11)12/h2-5,8,13,15-17H,6-7,9-10H2,1H3. The third-order valence-corrected chi connectivity index (χ3v) is 3.00. The molecule has 1 unspecified atom stereocenters. The Morgan fingerprint density at radius 3 is 3.11 bits per heavy atom. The molecule has 1 aromatic heterocycles. The Balaban J connectivity index is 1.81. The molecule has 4 heteroatoms. The van der Waals surface area contributed by atoms with E-state index in [2.05, 4.69) is 34.6 Å². The molecular formula is C14H20N2O2. The molecule has 3 N–H and O–H groups in total. The van der Waals surface area contributed by atoms with Gasteiger partial charge in [-0.3, -0.25) is 0 Å². The van der Waals surface area contributed by atoms with Crippen LogP contribution in [0.1, 0.15) is 12.0 Å². The van der Waals surface area contributed by atoms with Gasteiger partial charge in [-0.1, -0.05) is 18.2 Å². The first-order valence-electron chi connectivity index (χ1n) is 6.24. The number of methoxy groups -OCH3 is 1. The molecule has 0 spiro atoms. The van der Waals surface area contributed by atoms with Crippen molar-refractivity contribution < 1.29 is 9.84 Å². The quantitative estimate of drug-likeness (QED) is 0.653. The number of hydrogen-bond acceptors (Lipinski definition) is 3. The highest BCUT2D eigenvalue weighted by molar-refractivity contribution is 5.82. The molecule has 2 rings (SSSR count). The van der Waals surface area contributed by atoms with E-state index in [0.29, 0.717) is 13.0 Å². The monoisotopic (exact) mass is 248 g/mol. The van der Waals surface area contributed by atoms with Crippen molar-refractivity contribution in [3.8, 4) is 0 Å². The Hall–Kier alpha value is -1.36. The van der Waals surface area contributed by atoms with Crippen molar-refractivity contribution in [2.24, 2.45) is 0 Å². The number of nitrogens with one attached hydrogen (secondary N) is 2. The molecular weight excluding hydrogens is 228 g/mol. The number of H-pyrrole nitrogens is 1. The van der Waals surface area contributed by atoms with E-state index in [4.69, 9.17) is 4.74 Å². The molecule has 0 amide bonds. The lowest BCUT2D eigenvalue weighted by molar-refractivity contribution is 0.0594. The Bertz CT molecular complexity index is 481. The van der Waals surface area contributed by atoms with E-state index in [9.17, 15) is 5.11 Å². The molecule has 0 saturated heterocycles. The van der Waals surface area contributed by atoms with E-state index in [0.717, 1.165) is 13.1 Å². The minimum absolute atomic E-state index is 0.385. The number of aliphatic hydroxyl groups is 1. The molecule has 0 aliphatic carbocycles. The van der Waals surface area contributed by atoms with Gasteiger partial charge in [0.1, 0.15) is 0 Å². The van der Waals surface area contributed by atoms with Gasteiger partial charge in [0, 0.05) is 25.4 Å². The minimum atomic E-state index is -0.385. The van der Waals surface area contributed by atoms with Crippen LogP contribution in [0.15, 0.2) is 30.5 Å². The number of aliphatic hydroxyl groups excluding tert-OH is 1. The first-order valence-corrected chi connectivity index (χ1v) is 6.24. The number of ether oxygens (including phenoxy) is 1. The first kappa shape index (κ1) is 13.1. The summed E-state index contributed by atoms with van der Waals surface area (Å²) >= 11 is 0. The zero-order valence-electron chi connectivity index (χ0n) is 10.6. The van der Waals surface area contributed by atoms with Crippen LogP contribution in [0.2, 0.25) is 0 Å². The summed E-state index contributed by atoms with van der Waals surface area (Å²) in [7, 11) is 1.60. The highest BCUT2D eigenvalue weighted by Crippen LogP contribution is 2.16. The number of para-hydroxylation sites is 1. The highest BCUT2D eigenvalue weighted by Gasteiger charge is 2.04. The van der Waals surface area contributed by atoms with Crippen LogP contribution in [0.25, 0.3) is 10.9 Å². The molecule has 0 bridgehead atoms. The summed E-state index contributed by atoms with van der Waals surface area (Å²) < 4.78 is 4.88. The topological polar surface area (TPSA) is 57.3 Å². The van der Waals surface area contributed by atoms with E-state index >= 15 is 0 Å². The summed E-state index contributed by atoms with van der Waals surface area (Å²) in [4.78, 5) is 3.25. The number of rotatable bonds is 7. The summed E-state index contributed by atoms with van der Waals surface area (Å²) in [6.07, 6.45) is 2.27. The molecule has 0 aliphatic heterocycles. The Labute approximate surface area is 107 Å². The molecule has 98 valence electrons. The van der Waals surface area contributed by atoms with Crippen LogP contribution in [-0.4, -0.2) is 36.5 Å². The second-order valence-corrected chi connectivity index (χ2v) is 4.43. The molecule has 0 fully saturated rings. The maximum Gasteiger partial charge on any atom is 0.0785 e. The lowest BCUT2D eigenvalue weighted by atomic mass is 10.1. The second-order valence-electron chi connectivity index (χ2n) is 4.43. The van der Waals surface area contributed by atoms with Gasteiger partial charge in [-0.25, -0.2) is 0 Å². The molecule has 18 heavy (non-hydrogen) atoms. The Kier molecular flexibility index (Phi) is 4.75. The fraction of sp³-hybridized carbons (Fsp3) is 0.429. The number of aromatic amines is 1. The maximum atomic E-state index is 9.51. The van der Waals surface area contributed by atoms with E-state index in [1.54, 1.807) is 7.11 Å². The zero-order valence-corrected chi connectivity index (χ0v) is 10.6. The molecule has 1 aromatic carbocycles. The summed E-state index contributed by atoms with van der Waals surface area (Å²) in [5.41, 5.74) is 2.43. The predicted molar refractivity (Wildman–Crippen MR) is 72.5 cm³/mol. The molecule has 4 nitrogen and oxygen atoms in total. The van der Waals surface area contributed by atoms with Crippen molar-refractivity contribution in [1.29, 1.82) is 0 Å². The van der Waals surface area contributed by atoms with Crippen molar-refractivity contribution in [1.82, 2.24) is 10.3 Å². The van der Waals surface area contributed by atoms with Crippen molar-refractivity contribution in [2.45, 2.75) is 19.1 Å². The van der Waals surface area contributed by atoms with Crippen LogP contribution in [0, 0.1) is 0 Å². The predicted octanol–water partition coefficient (Wildman–Crippen LogP) is 1.65. The van der Waals surface area contributed by atoms with E-state index in [-0.39, 0.29) is 6.10 Å². The van der Waals surface area contributed by atoms with Crippen molar-refractivity contribution in [3.63, 3.8) is 0 Å². The molecule has 0 aliphatic rings. The molecule has 0 radical (unpaired) electrons. The van der Waals surface area contributed by atoms with Crippen molar-refractivity contribution in [2.75, 3.05) is 20.3 Å². The third-order valence-electron chi connectivity index (χ3n) is 3.00. The first-order chi connectivity index (χ1) is 8.81. The molecule has 1 atom stereocenters. The van der Waals surface area contributed by atoms with E-state index in [1.807, 2.05) is 6.20 Å². The largest absolute Gasteiger partial charge is 0.391 e. The van der Waals surface area contributed by atoms with Crippen LogP contribution < -0.4 is 5.32 Å². The number of benzene rings is 1. The smallest absolute Gasteiger partial charge is 0.0785 e. The normalized spacial score (nSPS) is 13.0. The van der Waals surface area contributed by atoms with Gasteiger partial charge in [0.15, 0.2) is 0 Å². The van der Waals surface area contributed by atoms with Crippen LogP contribution in [-0.2, 0) is 11.3 Å². The average molecular weight is 248 g/mol. The summed E-state index contributed by atoms with van der Waals surface area (Å²) in [5, 5.41) is 14.1. The van der Waals surface area contributed by atoms with Crippen molar-refractivity contribution in [3.05, 3.63) is 36.0 Å². The van der Waals surface area contributed by atoms with Gasteiger partial charge >= 0.3 is 0 Å². The van der Waals surface area contributed by atoms with Gasteiger partial charge in [-0.05, 0) is 30.0 Å². The number of hydrogen-bond donors (Lipinski definition) is 3. The van der Waals surface area contributed by atoms with Crippen LogP contribution in [0.5, 0.6) is 0 Å². The van der Waals surface area contributed by atoms with E-state index < -0.39 is 0 Å². The van der Waals surface area contributed by atoms with E-state index in [1.165, 1.54) is 16.5 Å². The van der Waals surface area contributed by atoms with Gasteiger partial charge in [0.25, 0.3) is 0 Å². The Morgan fingerprint density at radius 1 is 1.39 bits per heavy atom. The molecule has 1 heterocycles. The van der Waals surface area contributed by atoms with Gasteiger partial charge in [-0.2, -0.15) is 0 Å². The summed E-state index contributed by atoms with van der Waals surface area (Å²) in [6, 6.07) is 8.34. The van der Waals surface area contributed by atoms with Crippen molar-refractivity contribution >= 4 is 10.9 Å². The lowest BCUT2D eigenvalue weighted by Crippen LogP contribution is -2.23. The second kappa shape index (κ2) is 6.54. The maximum absolute atomic E-state index is 9.51.